The number of anilines is 1. The third kappa shape index (κ3) is 4.06. The fraction of sp³-hybridized carbons (Fsp3) is 0.263. The van der Waals surface area contributed by atoms with Crippen LogP contribution in [-0.2, 0) is 16.1 Å². The van der Waals surface area contributed by atoms with E-state index in [1.165, 1.54) is 29.2 Å². The molecule has 2 aromatic rings. The summed E-state index contributed by atoms with van der Waals surface area (Å²) in [6, 6.07) is 4.55. The van der Waals surface area contributed by atoms with Gasteiger partial charge in [-0.3, -0.25) is 19.0 Å². The predicted molar refractivity (Wildman–Crippen MR) is 108 cm³/mol. The summed E-state index contributed by atoms with van der Waals surface area (Å²) >= 11 is 12.7. The maximum absolute atomic E-state index is 12.6. The zero-order valence-electron chi connectivity index (χ0n) is 15.5. The fourth-order valence-electron chi connectivity index (χ4n) is 2.80. The summed E-state index contributed by atoms with van der Waals surface area (Å²) < 4.78 is 1.40. The Kier molecular flexibility index (Phi) is 5.82. The van der Waals surface area contributed by atoms with E-state index in [1.54, 1.807) is 6.07 Å². The third-order valence-electron chi connectivity index (χ3n) is 4.37. The minimum atomic E-state index is -0.639. The van der Waals surface area contributed by atoms with Gasteiger partial charge in [-0.2, -0.15) is 15.4 Å². The molecule has 0 spiro atoms. The number of hydrazone groups is 1. The van der Waals surface area contributed by atoms with Crippen LogP contribution < -0.4 is 10.6 Å². The molecule has 3 rings (SSSR count). The van der Waals surface area contributed by atoms with Crippen molar-refractivity contribution >= 4 is 46.3 Å². The van der Waals surface area contributed by atoms with Crippen molar-refractivity contribution in [2.75, 3.05) is 5.01 Å². The summed E-state index contributed by atoms with van der Waals surface area (Å²) in [5.41, 5.74) is 0.684. The first-order valence-corrected chi connectivity index (χ1v) is 9.35. The Morgan fingerprint density at radius 1 is 1.21 bits per heavy atom. The number of Topliss-reactive ketones (excluding diaryl/α,β-unsaturated/α-hetero) is 1. The van der Waals surface area contributed by atoms with Crippen molar-refractivity contribution in [1.82, 2.24) is 9.55 Å². The largest absolute Gasteiger partial charge is 0.294 e. The number of ketones is 1. The first-order valence-electron chi connectivity index (χ1n) is 8.60. The van der Waals surface area contributed by atoms with Crippen LogP contribution in [0.4, 0.5) is 5.69 Å². The number of carbonyl (C=O) groups is 2. The van der Waals surface area contributed by atoms with Gasteiger partial charge in [-0.1, -0.05) is 37.0 Å². The van der Waals surface area contributed by atoms with Gasteiger partial charge in [0.2, 0.25) is 11.5 Å². The third-order valence-corrected chi connectivity index (χ3v) is 5.04. The van der Waals surface area contributed by atoms with Gasteiger partial charge in [0, 0.05) is 27.4 Å². The molecule has 0 N–H and O–H groups in total. The van der Waals surface area contributed by atoms with E-state index in [-0.39, 0.29) is 39.5 Å². The summed E-state index contributed by atoms with van der Waals surface area (Å²) in [6.07, 6.45) is 2.47. The molecule has 0 saturated heterocycles. The number of aromatic nitrogens is 2. The standard InChI is InChI=1S/C19H15Cl2N5O3/c1-10(2)12-7-23-9-25(19(12)29)8-13-14(20)3-11(4-15(13)21)26-18(28)5-17(27)16(6-22)24-26/h3-4,7,9-10H,5,8H2,1-2H3. The monoisotopic (exact) mass is 431 g/mol. The Balaban J connectivity index is 2.00. The molecule has 148 valence electrons. The van der Waals surface area contributed by atoms with Crippen LogP contribution in [0.2, 0.25) is 10.0 Å². The van der Waals surface area contributed by atoms with E-state index >= 15 is 0 Å². The quantitative estimate of drug-likeness (QED) is 0.691. The lowest BCUT2D eigenvalue weighted by molar-refractivity contribution is -0.124. The van der Waals surface area contributed by atoms with Gasteiger partial charge in [-0.05, 0) is 18.1 Å². The molecule has 10 heteroatoms. The second kappa shape index (κ2) is 8.15. The number of benzene rings is 1. The topological polar surface area (TPSA) is 108 Å². The number of carbonyl (C=O) groups excluding carboxylic acids is 2. The molecule has 0 aliphatic carbocycles. The second-order valence-corrected chi connectivity index (χ2v) is 7.51. The molecule has 1 aromatic carbocycles. The predicted octanol–water partition coefficient (Wildman–Crippen LogP) is 2.91. The Hall–Kier alpha value is -3.02. The molecule has 1 aliphatic heterocycles. The van der Waals surface area contributed by atoms with E-state index in [0.717, 1.165) is 5.01 Å². The Labute approximate surface area is 176 Å². The average Bonchev–Trinajstić information content (AvgIpc) is 2.65. The van der Waals surface area contributed by atoms with Crippen LogP contribution in [0.5, 0.6) is 0 Å². The highest BCUT2D eigenvalue weighted by Crippen LogP contribution is 2.32. The fourth-order valence-corrected chi connectivity index (χ4v) is 3.40. The van der Waals surface area contributed by atoms with Crippen LogP contribution in [0.1, 0.15) is 37.3 Å². The molecule has 29 heavy (non-hydrogen) atoms. The summed E-state index contributed by atoms with van der Waals surface area (Å²) in [6.45, 7) is 3.88. The molecule has 0 fully saturated rings. The molecular weight excluding hydrogens is 417 g/mol. The molecule has 0 bridgehead atoms. The normalized spacial score (nSPS) is 14.2. The number of hydrogen-bond acceptors (Lipinski definition) is 6. The summed E-state index contributed by atoms with van der Waals surface area (Å²) in [7, 11) is 0. The minimum Gasteiger partial charge on any atom is -0.294 e. The van der Waals surface area contributed by atoms with E-state index in [1.807, 2.05) is 13.8 Å². The molecule has 1 amide bonds. The van der Waals surface area contributed by atoms with E-state index in [2.05, 4.69) is 10.1 Å². The Morgan fingerprint density at radius 2 is 1.86 bits per heavy atom. The van der Waals surface area contributed by atoms with Crippen LogP contribution >= 0.6 is 23.2 Å². The van der Waals surface area contributed by atoms with E-state index in [0.29, 0.717) is 11.1 Å². The van der Waals surface area contributed by atoms with Crippen molar-refractivity contribution in [3.05, 3.63) is 56.2 Å². The lowest BCUT2D eigenvalue weighted by Crippen LogP contribution is -2.36. The maximum atomic E-state index is 12.6. The lowest BCUT2D eigenvalue weighted by Gasteiger charge is -2.22. The van der Waals surface area contributed by atoms with Crippen molar-refractivity contribution in [1.29, 1.82) is 5.26 Å². The van der Waals surface area contributed by atoms with Gasteiger partial charge in [0.1, 0.15) is 6.07 Å². The van der Waals surface area contributed by atoms with Crippen molar-refractivity contribution in [2.45, 2.75) is 32.7 Å². The summed E-state index contributed by atoms with van der Waals surface area (Å²) in [4.78, 5) is 40.5. The van der Waals surface area contributed by atoms with Gasteiger partial charge in [-0.15, -0.1) is 0 Å². The molecule has 8 nitrogen and oxygen atoms in total. The second-order valence-electron chi connectivity index (χ2n) is 6.69. The van der Waals surface area contributed by atoms with Crippen molar-refractivity contribution in [3.63, 3.8) is 0 Å². The SMILES string of the molecule is CC(C)c1cncn(Cc2c(Cl)cc(N3N=C(C#N)C(=O)CC3=O)cc2Cl)c1=O. The number of nitriles is 1. The van der Waals surface area contributed by atoms with Gasteiger partial charge >= 0.3 is 0 Å². The van der Waals surface area contributed by atoms with Crippen molar-refractivity contribution in [3.8, 4) is 6.07 Å². The number of nitrogens with zero attached hydrogens (tertiary/aromatic N) is 5. The van der Waals surface area contributed by atoms with Crippen LogP contribution in [0.25, 0.3) is 0 Å². The van der Waals surface area contributed by atoms with Crippen LogP contribution in [0, 0.1) is 11.3 Å². The summed E-state index contributed by atoms with van der Waals surface area (Å²) in [5.74, 6) is -1.23. The first kappa shape index (κ1) is 20.7. The number of hydrogen-bond donors (Lipinski definition) is 0. The first-order chi connectivity index (χ1) is 13.7. The van der Waals surface area contributed by atoms with Crippen molar-refractivity contribution < 1.29 is 9.59 Å². The number of halogens is 2. The number of rotatable bonds is 4. The molecular formula is C19H15Cl2N5O3. The minimum absolute atomic E-state index is 0.00999. The van der Waals surface area contributed by atoms with Gasteiger partial charge in [-0.25, -0.2) is 4.98 Å². The van der Waals surface area contributed by atoms with E-state index in [9.17, 15) is 14.4 Å². The zero-order chi connectivity index (χ0) is 21.3. The zero-order valence-corrected chi connectivity index (χ0v) is 17.0. The van der Waals surface area contributed by atoms with E-state index < -0.39 is 18.1 Å². The van der Waals surface area contributed by atoms with Crippen LogP contribution in [0.15, 0.2) is 34.6 Å². The van der Waals surface area contributed by atoms with E-state index in [4.69, 9.17) is 28.5 Å². The van der Waals surface area contributed by atoms with Gasteiger partial charge in [0.05, 0.1) is 25.0 Å². The number of amides is 1. The molecule has 0 saturated carbocycles. The molecule has 0 unspecified atom stereocenters. The maximum Gasteiger partial charge on any atom is 0.257 e. The highest BCUT2D eigenvalue weighted by molar-refractivity contribution is 6.50. The van der Waals surface area contributed by atoms with Gasteiger partial charge in [0.25, 0.3) is 11.5 Å². The Morgan fingerprint density at radius 3 is 2.45 bits per heavy atom. The highest BCUT2D eigenvalue weighted by atomic mass is 35.5. The summed E-state index contributed by atoms with van der Waals surface area (Å²) in [5, 5.41) is 14.1. The van der Waals surface area contributed by atoms with Crippen LogP contribution in [0.3, 0.4) is 0 Å². The lowest BCUT2D eigenvalue weighted by atomic mass is 10.1. The van der Waals surface area contributed by atoms with Crippen molar-refractivity contribution in [2.24, 2.45) is 5.10 Å². The molecule has 1 aliphatic rings. The Bertz CT molecular complexity index is 1120. The van der Waals surface area contributed by atoms with Gasteiger partial charge < -0.3 is 0 Å². The molecule has 2 heterocycles. The average molecular weight is 432 g/mol. The highest BCUT2D eigenvalue weighted by Gasteiger charge is 2.29. The smallest absolute Gasteiger partial charge is 0.257 e. The van der Waals surface area contributed by atoms with Gasteiger partial charge in [0.15, 0.2) is 0 Å². The van der Waals surface area contributed by atoms with Crippen LogP contribution in [-0.4, -0.2) is 27.0 Å². The molecule has 1 aromatic heterocycles. The molecule has 0 radical (unpaired) electrons. The molecule has 0 atom stereocenters.